The number of benzene rings is 1. The van der Waals surface area contributed by atoms with Crippen LogP contribution in [0.25, 0.3) is 0 Å². The maximum absolute atomic E-state index is 13.0. The van der Waals surface area contributed by atoms with Gasteiger partial charge in [-0.15, -0.1) is 0 Å². The number of amides is 1. The van der Waals surface area contributed by atoms with Gasteiger partial charge in [-0.05, 0) is 23.6 Å². The molecular formula is C15H20FNO3. The van der Waals surface area contributed by atoms with Crippen molar-refractivity contribution < 1.29 is 18.7 Å². The number of carbonyl (C=O) groups is 2. The third-order valence-electron chi connectivity index (χ3n) is 3.24. The molecule has 0 aliphatic heterocycles. The lowest BCUT2D eigenvalue weighted by molar-refractivity contribution is -0.146. The average Bonchev–Trinajstić information content (AvgIpc) is 2.43. The van der Waals surface area contributed by atoms with Crippen molar-refractivity contribution in [3.63, 3.8) is 0 Å². The van der Waals surface area contributed by atoms with Gasteiger partial charge in [-0.2, -0.15) is 0 Å². The molecule has 0 saturated carbocycles. The Morgan fingerprint density at radius 1 is 1.40 bits per heavy atom. The Labute approximate surface area is 118 Å². The summed E-state index contributed by atoms with van der Waals surface area (Å²) in [7, 11) is 1.29. The zero-order valence-corrected chi connectivity index (χ0v) is 12.0. The quantitative estimate of drug-likeness (QED) is 0.812. The van der Waals surface area contributed by atoms with Crippen LogP contribution in [0.4, 0.5) is 4.39 Å². The highest BCUT2D eigenvalue weighted by Gasteiger charge is 2.26. The maximum Gasteiger partial charge on any atom is 0.328 e. The van der Waals surface area contributed by atoms with E-state index in [9.17, 15) is 14.0 Å². The molecule has 0 aliphatic rings. The number of methoxy groups -OCH3 is 1. The van der Waals surface area contributed by atoms with Crippen LogP contribution in [0.2, 0.25) is 0 Å². The van der Waals surface area contributed by atoms with Gasteiger partial charge < -0.3 is 10.1 Å². The molecule has 0 unspecified atom stereocenters. The van der Waals surface area contributed by atoms with Crippen LogP contribution in [0.15, 0.2) is 24.3 Å². The highest BCUT2D eigenvalue weighted by molar-refractivity contribution is 5.85. The summed E-state index contributed by atoms with van der Waals surface area (Å²) in [4.78, 5) is 23.6. The Kier molecular flexibility index (Phi) is 6.15. The van der Waals surface area contributed by atoms with E-state index in [1.54, 1.807) is 12.1 Å². The zero-order valence-electron chi connectivity index (χ0n) is 12.0. The van der Waals surface area contributed by atoms with Crippen molar-refractivity contribution in [1.29, 1.82) is 0 Å². The van der Waals surface area contributed by atoms with Crippen molar-refractivity contribution in [3.05, 3.63) is 35.6 Å². The van der Waals surface area contributed by atoms with E-state index in [1.165, 1.54) is 19.2 Å². The van der Waals surface area contributed by atoms with E-state index in [0.29, 0.717) is 5.56 Å². The number of rotatable bonds is 6. The van der Waals surface area contributed by atoms with Gasteiger partial charge >= 0.3 is 5.97 Å². The molecule has 110 valence electrons. The molecule has 2 atom stereocenters. The van der Waals surface area contributed by atoms with Crippen LogP contribution in [0.5, 0.6) is 0 Å². The van der Waals surface area contributed by atoms with Crippen molar-refractivity contribution >= 4 is 11.9 Å². The van der Waals surface area contributed by atoms with E-state index in [-0.39, 0.29) is 24.1 Å². The number of ether oxygens (including phenoxy) is 1. The highest BCUT2D eigenvalue weighted by atomic mass is 19.1. The molecule has 1 aromatic rings. The second-order valence-corrected chi connectivity index (χ2v) is 4.76. The number of esters is 1. The fraction of sp³-hybridized carbons (Fsp3) is 0.467. The third-order valence-corrected chi connectivity index (χ3v) is 3.24. The predicted molar refractivity (Wildman–Crippen MR) is 73.5 cm³/mol. The van der Waals surface area contributed by atoms with Crippen LogP contribution in [0, 0.1) is 11.7 Å². The fourth-order valence-corrected chi connectivity index (χ4v) is 1.85. The average molecular weight is 281 g/mol. The first-order valence-corrected chi connectivity index (χ1v) is 6.59. The Balaban J connectivity index is 2.69. The first kappa shape index (κ1) is 16.1. The van der Waals surface area contributed by atoms with Gasteiger partial charge in [-0.25, -0.2) is 9.18 Å². The standard InChI is InChI=1S/C15H20FNO3/c1-4-10(2)14(15(19)20-3)17-13(18)9-11-6-5-7-12(16)8-11/h5-8,10,14H,4,9H2,1-3H3,(H,17,18)/t10-,14-/m0/s1. The lowest BCUT2D eigenvalue weighted by Gasteiger charge is -2.21. The van der Waals surface area contributed by atoms with Crippen molar-refractivity contribution in [2.75, 3.05) is 7.11 Å². The summed E-state index contributed by atoms with van der Waals surface area (Å²) in [6, 6.07) is 5.16. The van der Waals surface area contributed by atoms with Crippen molar-refractivity contribution in [2.45, 2.75) is 32.7 Å². The van der Waals surface area contributed by atoms with Gasteiger partial charge in [-0.3, -0.25) is 4.79 Å². The summed E-state index contributed by atoms with van der Waals surface area (Å²) < 4.78 is 17.7. The Hall–Kier alpha value is -1.91. The van der Waals surface area contributed by atoms with Crippen LogP contribution in [-0.2, 0) is 20.7 Å². The van der Waals surface area contributed by atoms with Gasteiger partial charge in [0.05, 0.1) is 13.5 Å². The maximum atomic E-state index is 13.0. The van der Waals surface area contributed by atoms with Crippen LogP contribution in [0.1, 0.15) is 25.8 Å². The lowest BCUT2D eigenvalue weighted by Crippen LogP contribution is -2.46. The molecule has 0 aliphatic carbocycles. The minimum atomic E-state index is -0.675. The van der Waals surface area contributed by atoms with E-state index in [1.807, 2.05) is 13.8 Å². The molecule has 1 rings (SSSR count). The predicted octanol–water partition coefficient (Wildman–Crippen LogP) is 2.07. The van der Waals surface area contributed by atoms with E-state index >= 15 is 0 Å². The number of halogens is 1. The van der Waals surface area contributed by atoms with E-state index in [2.05, 4.69) is 5.32 Å². The number of nitrogens with one attached hydrogen (secondary N) is 1. The van der Waals surface area contributed by atoms with Crippen molar-refractivity contribution in [2.24, 2.45) is 5.92 Å². The molecule has 1 N–H and O–H groups in total. The molecule has 0 radical (unpaired) electrons. The summed E-state index contributed by atoms with van der Waals surface area (Å²) in [6.07, 6.45) is 0.766. The largest absolute Gasteiger partial charge is 0.467 e. The van der Waals surface area contributed by atoms with Gasteiger partial charge in [0, 0.05) is 0 Å². The van der Waals surface area contributed by atoms with Gasteiger partial charge in [0.15, 0.2) is 0 Å². The summed E-state index contributed by atoms with van der Waals surface area (Å²) in [5.74, 6) is -1.21. The van der Waals surface area contributed by atoms with Crippen molar-refractivity contribution in [1.82, 2.24) is 5.32 Å². The first-order chi connectivity index (χ1) is 9.47. The smallest absolute Gasteiger partial charge is 0.328 e. The summed E-state index contributed by atoms with van der Waals surface area (Å²) in [5, 5.41) is 2.65. The van der Waals surface area contributed by atoms with Gasteiger partial charge in [-0.1, -0.05) is 32.4 Å². The molecule has 1 aromatic carbocycles. The molecule has 0 saturated heterocycles. The second-order valence-electron chi connectivity index (χ2n) is 4.76. The molecule has 5 heteroatoms. The SMILES string of the molecule is CC[C@H](C)[C@H](NC(=O)Cc1cccc(F)c1)C(=O)OC. The minimum Gasteiger partial charge on any atom is -0.467 e. The molecule has 0 aromatic heterocycles. The topological polar surface area (TPSA) is 55.4 Å². The lowest BCUT2D eigenvalue weighted by atomic mass is 9.99. The Morgan fingerprint density at radius 2 is 2.10 bits per heavy atom. The normalized spacial score (nSPS) is 13.4. The Bertz CT molecular complexity index is 476. The van der Waals surface area contributed by atoms with E-state index in [4.69, 9.17) is 4.74 Å². The molecule has 1 amide bonds. The highest BCUT2D eigenvalue weighted by Crippen LogP contribution is 2.10. The van der Waals surface area contributed by atoms with Crippen LogP contribution in [0.3, 0.4) is 0 Å². The zero-order chi connectivity index (χ0) is 15.1. The summed E-state index contributed by atoms with van der Waals surface area (Å²) in [5.41, 5.74) is 0.565. The molecule has 4 nitrogen and oxygen atoms in total. The molecular weight excluding hydrogens is 261 g/mol. The van der Waals surface area contributed by atoms with Crippen LogP contribution < -0.4 is 5.32 Å². The number of carbonyl (C=O) groups excluding carboxylic acids is 2. The van der Waals surface area contributed by atoms with Crippen molar-refractivity contribution in [3.8, 4) is 0 Å². The van der Waals surface area contributed by atoms with Gasteiger partial charge in [0.1, 0.15) is 11.9 Å². The molecule has 0 spiro atoms. The first-order valence-electron chi connectivity index (χ1n) is 6.59. The minimum absolute atomic E-state index is 0.0288. The summed E-state index contributed by atoms with van der Waals surface area (Å²) >= 11 is 0. The van der Waals surface area contributed by atoms with Crippen LogP contribution >= 0.6 is 0 Å². The number of hydrogen-bond donors (Lipinski definition) is 1. The van der Waals surface area contributed by atoms with E-state index in [0.717, 1.165) is 6.42 Å². The molecule has 0 bridgehead atoms. The van der Waals surface area contributed by atoms with Gasteiger partial charge in [0.25, 0.3) is 0 Å². The molecule has 0 heterocycles. The molecule has 0 fully saturated rings. The third kappa shape index (κ3) is 4.64. The van der Waals surface area contributed by atoms with Crippen LogP contribution in [-0.4, -0.2) is 25.0 Å². The van der Waals surface area contributed by atoms with E-state index < -0.39 is 12.0 Å². The summed E-state index contributed by atoms with van der Waals surface area (Å²) in [6.45, 7) is 3.80. The Morgan fingerprint density at radius 3 is 2.65 bits per heavy atom. The number of hydrogen-bond acceptors (Lipinski definition) is 3. The fourth-order valence-electron chi connectivity index (χ4n) is 1.85. The van der Waals surface area contributed by atoms with Gasteiger partial charge in [0.2, 0.25) is 5.91 Å². The molecule has 20 heavy (non-hydrogen) atoms. The second kappa shape index (κ2) is 7.62. The monoisotopic (exact) mass is 281 g/mol.